The van der Waals surface area contributed by atoms with Gasteiger partial charge >= 0.3 is 0 Å². The molecular weight excluding hydrogens is 178 g/mol. The van der Waals surface area contributed by atoms with Crippen LogP contribution < -0.4 is 5.73 Å². The second kappa shape index (κ2) is 5.62. The van der Waals surface area contributed by atoms with Crippen LogP contribution in [0, 0.1) is 0 Å². The standard InChI is InChI=1S/C11H17NO2/c12-10(7-8-13)4-1-9-2-5-11(14)6-3-9/h2-3,5-6,10,13-14H,1,4,7-8,12H2. The fourth-order valence-electron chi connectivity index (χ4n) is 1.32. The molecule has 78 valence electrons. The van der Waals surface area contributed by atoms with Gasteiger partial charge in [-0.1, -0.05) is 12.1 Å². The Balaban J connectivity index is 2.34. The Morgan fingerprint density at radius 3 is 2.36 bits per heavy atom. The van der Waals surface area contributed by atoms with Gasteiger partial charge in [-0.05, 0) is 37.0 Å². The molecule has 0 heterocycles. The summed E-state index contributed by atoms with van der Waals surface area (Å²) in [5, 5.41) is 17.7. The van der Waals surface area contributed by atoms with Crippen LogP contribution in [0.15, 0.2) is 24.3 Å². The highest BCUT2D eigenvalue weighted by molar-refractivity contribution is 5.25. The van der Waals surface area contributed by atoms with E-state index in [4.69, 9.17) is 15.9 Å². The summed E-state index contributed by atoms with van der Waals surface area (Å²) in [5.41, 5.74) is 6.92. The van der Waals surface area contributed by atoms with E-state index in [1.807, 2.05) is 12.1 Å². The van der Waals surface area contributed by atoms with E-state index in [0.29, 0.717) is 6.42 Å². The van der Waals surface area contributed by atoms with Gasteiger partial charge in [0, 0.05) is 12.6 Å². The number of hydrogen-bond acceptors (Lipinski definition) is 3. The number of hydrogen-bond donors (Lipinski definition) is 3. The fraction of sp³-hybridized carbons (Fsp3) is 0.455. The zero-order chi connectivity index (χ0) is 10.4. The number of rotatable bonds is 5. The van der Waals surface area contributed by atoms with E-state index in [1.165, 1.54) is 0 Å². The molecule has 0 bridgehead atoms. The lowest BCUT2D eigenvalue weighted by Gasteiger charge is -2.09. The monoisotopic (exact) mass is 195 g/mol. The Bertz CT molecular complexity index is 258. The van der Waals surface area contributed by atoms with Crippen LogP contribution in [-0.4, -0.2) is 22.9 Å². The molecule has 0 aliphatic heterocycles. The Kier molecular flexibility index (Phi) is 4.43. The van der Waals surface area contributed by atoms with Crippen LogP contribution in [0.2, 0.25) is 0 Å². The largest absolute Gasteiger partial charge is 0.508 e. The summed E-state index contributed by atoms with van der Waals surface area (Å²) < 4.78 is 0. The van der Waals surface area contributed by atoms with Crippen molar-refractivity contribution in [1.29, 1.82) is 0 Å². The van der Waals surface area contributed by atoms with Gasteiger partial charge in [0.1, 0.15) is 5.75 Å². The number of aryl methyl sites for hydroxylation is 1. The van der Waals surface area contributed by atoms with Gasteiger partial charge in [-0.15, -0.1) is 0 Å². The minimum absolute atomic E-state index is 0.0637. The highest BCUT2D eigenvalue weighted by Crippen LogP contribution is 2.11. The molecule has 0 radical (unpaired) electrons. The molecular formula is C11H17NO2. The van der Waals surface area contributed by atoms with Gasteiger partial charge in [-0.3, -0.25) is 0 Å². The third kappa shape index (κ3) is 3.77. The van der Waals surface area contributed by atoms with Gasteiger partial charge in [-0.2, -0.15) is 0 Å². The first kappa shape index (κ1) is 11.0. The van der Waals surface area contributed by atoms with Gasteiger partial charge in [0.15, 0.2) is 0 Å². The smallest absolute Gasteiger partial charge is 0.115 e. The molecule has 0 spiro atoms. The van der Waals surface area contributed by atoms with Crippen molar-refractivity contribution in [2.45, 2.75) is 25.3 Å². The number of phenolic OH excluding ortho intramolecular Hbond substituents is 1. The Morgan fingerprint density at radius 1 is 1.14 bits per heavy atom. The van der Waals surface area contributed by atoms with E-state index in [1.54, 1.807) is 12.1 Å². The minimum Gasteiger partial charge on any atom is -0.508 e. The van der Waals surface area contributed by atoms with Crippen LogP contribution in [0.4, 0.5) is 0 Å². The maximum Gasteiger partial charge on any atom is 0.115 e. The van der Waals surface area contributed by atoms with Gasteiger partial charge in [0.25, 0.3) is 0 Å². The lowest BCUT2D eigenvalue weighted by atomic mass is 10.0. The molecule has 1 aromatic carbocycles. The van der Waals surface area contributed by atoms with Gasteiger partial charge in [0.2, 0.25) is 0 Å². The SMILES string of the molecule is NC(CCO)CCc1ccc(O)cc1. The Labute approximate surface area is 84.2 Å². The molecule has 0 aromatic heterocycles. The van der Waals surface area contributed by atoms with Gasteiger partial charge in [-0.25, -0.2) is 0 Å². The zero-order valence-electron chi connectivity index (χ0n) is 8.19. The van der Waals surface area contributed by atoms with Crippen LogP contribution in [0.3, 0.4) is 0 Å². The van der Waals surface area contributed by atoms with Crippen molar-refractivity contribution >= 4 is 0 Å². The number of nitrogens with two attached hydrogens (primary N) is 1. The first-order valence-corrected chi connectivity index (χ1v) is 4.86. The third-order valence-electron chi connectivity index (χ3n) is 2.24. The summed E-state index contributed by atoms with van der Waals surface area (Å²) in [4.78, 5) is 0. The normalized spacial score (nSPS) is 12.7. The molecule has 1 atom stereocenters. The average molecular weight is 195 g/mol. The number of phenols is 1. The lowest BCUT2D eigenvalue weighted by molar-refractivity contribution is 0.273. The molecule has 0 aliphatic rings. The predicted octanol–water partition coefficient (Wildman–Crippen LogP) is 1.03. The number of aromatic hydroxyl groups is 1. The zero-order valence-corrected chi connectivity index (χ0v) is 8.19. The maximum absolute atomic E-state index is 9.06. The van der Waals surface area contributed by atoms with Crippen molar-refractivity contribution < 1.29 is 10.2 Å². The summed E-state index contributed by atoms with van der Waals surface area (Å²) in [6.45, 7) is 0.150. The van der Waals surface area contributed by atoms with E-state index in [2.05, 4.69) is 0 Å². The minimum atomic E-state index is 0.0637. The van der Waals surface area contributed by atoms with E-state index in [-0.39, 0.29) is 18.4 Å². The number of benzene rings is 1. The topological polar surface area (TPSA) is 66.5 Å². The molecule has 0 fully saturated rings. The quantitative estimate of drug-likeness (QED) is 0.657. The summed E-state index contributed by atoms with van der Waals surface area (Å²) in [6.07, 6.45) is 2.41. The van der Waals surface area contributed by atoms with Crippen molar-refractivity contribution in [3.8, 4) is 5.75 Å². The lowest BCUT2D eigenvalue weighted by Crippen LogP contribution is -2.21. The summed E-state index contributed by atoms with van der Waals surface area (Å²) >= 11 is 0. The number of aliphatic hydroxyl groups is 1. The van der Waals surface area contributed by atoms with E-state index >= 15 is 0 Å². The molecule has 1 aromatic rings. The molecule has 0 amide bonds. The van der Waals surface area contributed by atoms with E-state index in [9.17, 15) is 0 Å². The second-order valence-corrected chi connectivity index (χ2v) is 3.48. The fourth-order valence-corrected chi connectivity index (χ4v) is 1.32. The van der Waals surface area contributed by atoms with E-state index < -0.39 is 0 Å². The summed E-state index contributed by atoms with van der Waals surface area (Å²) in [5.74, 6) is 0.286. The molecule has 1 rings (SSSR count). The molecule has 14 heavy (non-hydrogen) atoms. The van der Waals surface area contributed by atoms with Crippen molar-refractivity contribution in [2.24, 2.45) is 5.73 Å². The molecule has 0 saturated carbocycles. The Morgan fingerprint density at radius 2 is 1.79 bits per heavy atom. The Hall–Kier alpha value is -1.06. The molecule has 3 heteroatoms. The molecule has 0 saturated heterocycles. The first-order chi connectivity index (χ1) is 6.72. The van der Waals surface area contributed by atoms with Crippen LogP contribution in [0.1, 0.15) is 18.4 Å². The van der Waals surface area contributed by atoms with Crippen molar-refractivity contribution in [3.05, 3.63) is 29.8 Å². The maximum atomic E-state index is 9.06. The summed E-state index contributed by atoms with van der Waals surface area (Å²) in [6, 6.07) is 7.19. The molecule has 4 N–H and O–H groups in total. The molecule has 3 nitrogen and oxygen atoms in total. The van der Waals surface area contributed by atoms with Crippen LogP contribution in [0.5, 0.6) is 5.75 Å². The van der Waals surface area contributed by atoms with Crippen LogP contribution >= 0.6 is 0 Å². The number of aliphatic hydroxyl groups excluding tert-OH is 1. The molecule has 1 unspecified atom stereocenters. The van der Waals surface area contributed by atoms with Gasteiger partial charge < -0.3 is 15.9 Å². The van der Waals surface area contributed by atoms with Gasteiger partial charge in [0.05, 0.1) is 0 Å². The predicted molar refractivity (Wildman–Crippen MR) is 56.1 cm³/mol. The van der Waals surface area contributed by atoms with E-state index in [0.717, 1.165) is 18.4 Å². The van der Waals surface area contributed by atoms with Crippen molar-refractivity contribution in [1.82, 2.24) is 0 Å². The highest BCUT2D eigenvalue weighted by atomic mass is 16.3. The van der Waals surface area contributed by atoms with Crippen LogP contribution in [-0.2, 0) is 6.42 Å². The third-order valence-corrected chi connectivity index (χ3v) is 2.24. The highest BCUT2D eigenvalue weighted by Gasteiger charge is 2.01. The summed E-state index contributed by atoms with van der Waals surface area (Å²) in [7, 11) is 0. The first-order valence-electron chi connectivity index (χ1n) is 4.86. The van der Waals surface area contributed by atoms with Crippen LogP contribution in [0.25, 0.3) is 0 Å². The van der Waals surface area contributed by atoms with Crippen molar-refractivity contribution in [3.63, 3.8) is 0 Å². The second-order valence-electron chi connectivity index (χ2n) is 3.48. The molecule has 0 aliphatic carbocycles. The average Bonchev–Trinajstić information content (AvgIpc) is 2.17. The van der Waals surface area contributed by atoms with Crippen molar-refractivity contribution in [2.75, 3.05) is 6.61 Å².